The molecule has 7 heteroatoms. The van der Waals surface area contributed by atoms with Crippen LogP contribution in [-0.4, -0.2) is 52.4 Å². The van der Waals surface area contributed by atoms with Crippen molar-refractivity contribution < 1.29 is 24.9 Å². The molecule has 1 aromatic rings. The topological polar surface area (TPSA) is 119 Å². The summed E-state index contributed by atoms with van der Waals surface area (Å²) < 4.78 is 0. The van der Waals surface area contributed by atoms with E-state index in [1.54, 1.807) is 35.9 Å². The van der Waals surface area contributed by atoms with Gasteiger partial charge in [-0.25, -0.2) is 0 Å². The number of phenolic OH excluding ortho intramolecular Hbond substituents is 1. The molecule has 0 aromatic heterocycles. The smallest absolute Gasteiger partial charge is 0.243 e. The number of aromatic hydroxyl groups is 1. The van der Waals surface area contributed by atoms with Gasteiger partial charge in [0.25, 0.3) is 0 Å². The van der Waals surface area contributed by atoms with Gasteiger partial charge in [0.05, 0.1) is 17.6 Å². The maximum absolute atomic E-state index is 14.4. The normalized spacial score (nSPS) is 38.9. The Balaban J connectivity index is 1.07. The average molecular weight is 717 g/mol. The SMILES string of the molecule is CC1(C)CC[C@]2(C(=O)NCCCCCCNC(=O)/C=C/c3ccc(O)cc3)CC[C@]3(C)C(=CC[C@@H]4[C@@]5(C)C[C@@H](O)[C@H](O)C(C)(C)[C@@H]5CC[C@]43C)[C@@H]2C1. The number of hydrogen-bond acceptors (Lipinski definition) is 5. The summed E-state index contributed by atoms with van der Waals surface area (Å²) in [6.07, 6.45) is 17.2. The van der Waals surface area contributed by atoms with Gasteiger partial charge in [-0.05, 0) is 139 Å². The fourth-order valence-corrected chi connectivity index (χ4v) is 12.8. The van der Waals surface area contributed by atoms with E-state index in [1.807, 2.05) is 0 Å². The minimum atomic E-state index is -0.690. The molecule has 4 saturated carbocycles. The molecule has 2 amide bonds. The molecule has 4 fully saturated rings. The summed E-state index contributed by atoms with van der Waals surface area (Å²) in [5.41, 5.74) is 1.97. The molecule has 0 spiro atoms. The third kappa shape index (κ3) is 6.69. The summed E-state index contributed by atoms with van der Waals surface area (Å²) >= 11 is 0. The van der Waals surface area contributed by atoms with Crippen LogP contribution in [0, 0.1) is 50.2 Å². The van der Waals surface area contributed by atoms with Crippen molar-refractivity contribution in [3.05, 3.63) is 47.6 Å². The lowest BCUT2D eigenvalue weighted by Crippen LogP contribution is -2.67. The van der Waals surface area contributed by atoms with Crippen molar-refractivity contribution in [1.29, 1.82) is 0 Å². The number of fused-ring (bicyclic) bond motifs is 7. The van der Waals surface area contributed by atoms with Crippen LogP contribution in [0.3, 0.4) is 0 Å². The van der Waals surface area contributed by atoms with E-state index < -0.39 is 12.2 Å². The lowest BCUT2D eigenvalue weighted by molar-refractivity contribution is -0.231. The summed E-state index contributed by atoms with van der Waals surface area (Å²) in [5, 5.41) is 38.1. The Hall–Kier alpha value is -2.64. The van der Waals surface area contributed by atoms with Crippen LogP contribution in [0.5, 0.6) is 5.75 Å². The number of unbranched alkanes of at least 4 members (excludes halogenated alkanes) is 3. The van der Waals surface area contributed by atoms with E-state index in [2.05, 4.69) is 65.2 Å². The molecule has 0 aliphatic heterocycles. The van der Waals surface area contributed by atoms with E-state index >= 15 is 0 Å². The molecule has 7 nitrogen and oxygen atoms in total. The maximum atomic E-state index is 14.4. The van der Waals surface area contributed by atoms with E-state index in [0.717, 1.165) is 82.6 Å². The van der Waals surface area contributed by atoms with Crippen molar-refractivity contribution in [1.82, 2.24) is 10.6 Å². The second-order valence-corrected chi connectivity index (χ2v) is 19.8. The van der Waals surface area contributed by atoms with Crippen molar-refractivity contribution in [3.63, 3.8) is 0 Å². The molecule has 0 unspecified atom stereocenters. The number of benzene rings is 1. The monoisotopic (exact) mass is 717 g/mol. The van der Waals surface area contributed by atoms with Crippen LogP contribution in [0.15, 0.2) is 42.0 Å². The maximum Gasteiger partial charge on any atom is 0.243 e. The molecule has 0 bridgehead atoms. The van der Waals surface area contributed by atoms with Gasteiger partial charge in [-0.3, -0.25) is 9.59 Å². The number of aliphatic hydroxyl groups excluding tert-OH is 2. The Labute approximate surface area is 313 Å². The molecule has 9 atom stereocenters. The number of hydrogen-bond donors (Lipinski definition) is 5. The molecule has 52 heavy (non-hydrogen) atoms. The Morgan fingerprint density at radius 1 is 0.808 bits per heavy atom. The van der Waals surface area contributed by atoms with Crippen molar-refractivity contribution in [2.24, 2.45) is 50.2 Å². The predicted molar refractivity (Wildman–Crippen MR) is 208 cm³/mol. The second kappa shape index (κ2) is 14.2. The Morgan fingerprint density at radius 3 is 2.15 bits per heavy atom. The fraction of sp³-hybridized carbons (Fsp3) is 0.733. The molecule has 288 valence electrons. The number of carbonyl (C=O) groups is 2. The highest BCUT2D eigenvalue weighted by molar-refractivity contribution is 5.91. The van der Waals surface area contributed by atoms with Crippen molar-refractivity contribution in [2.45, 2.75) is 144 Å². The summed E-state index contributed by atoms with van der Waals surface area (Å²) in [7, 11) is 0. The van der Waals surface area contributed by atoms with Gasteiger partial charge in [0.2, 0.25) is 11.8 Å². The Kier molecular flexibility index (Phi) is 10.7. The van der Waals surface area contributed by atoms with Gasteiger partial charge in [0.1, 0.15) is 5.75 Å². The molecule has 0 saturated heterocycles. The van der Waals surface area contributed by atoms with Crippen LogP contribution in [-0.2, 0) is 9.59 Å². The average Bonchev–Trinajstić information content (AvgIpc) is 3.08. The summed E-state index contributed by atoms with van der Waals surface area (Å²) in [5.74, 6) is 1.40. The lowest BCUT2D eigenvalue weighted by Gasteiger charge is -2.71. The van der Waals surface area contributed by atoms with Crippen LogP contribution < -0.4 is 10.6 Å². The molecular formula is C45H68N2O5. The molecule has 5 aliphatic carbocycles. The van der Waals surface area contributed by atoms with Gasteiger partial charge in [0.15, 0.2) is 0 Å². The molecule has 0 heterocycles. The van der Waals surface area contributed by atoms with E-state index in [-0.39, 0.29) is 56.0 Å². The van der Waals surface area contributed by atoms with Gasteiger partial charge in [-0.15, -0.1) is 0 Å². The van der Waals surface area contributed by atoms with Crippen molar-refractivity contribution in [2.75, 3.05) is 13.1 Å². The molecule has 5 aliphatic rings. The summed E-state index contributed by atoms with van der Waals surface area (Å²) in [6, 6.07) is 6.74. The number of amides is 2. The fourth-order valence-electron chi connectivity index (χ4n) is 12.8. The first kappa shape index (κ1) is 39.1. The standard InChI is InChI=1S/C45H68N2O5/c1-40(2)22-24-45(39(52)47-27-11-9-8-10-26-46-37(50)19-14-30-12-15-31(48)16-13-30)25-23-43(6)32(33(45)28-40)17-18-36-42(5)29-34(49)38(51)41(3,4)35(42)20-21-44(36,43)7/h12-17,19,33-36,38,48-49,51H,8-11,18,20-29H2,1-7H3,(H,46,50)(H,47,52)/b19-14+/t33-,34+,35-,36+,38-,42-,43+,44+,45-/m0/s1. The van der Waals surface area contributed by atoms with Crippen LogP contribution in [0.1, 0.15) is 138 Å². The molecule has 0 radical (unpaired) electrons. The number of allylic oxidation sites excluding steroid dienone is 2. The summed E-state index contributed by atoms with van der Waals surface area (Å²) in [6.45, 7) is 18.0. The minimum absolute atomic E-state index is 0.00760. The molecule has 1 aromatic carbocycles. The van der Waals surface area contributed by atoms with Gasteiger partial charge in [0, 0.05) is 19.2 Å². The number of rotatable bonds is 10. The van der Waals surface area contributed by atoms with Gasteiger partial charge in [-0.2, -0.15) is 0 Å². The predicted octanol–water partition coefficient (Wildman–Crippen LogP) is 8.33. The zero-order chi connectivity index (χ0) is 37.7. The zero-order valence-corrected chi connectivity index (χ0v) is 33.2. The minimum Gasteiger partial charge on any atom is -0.508 e. The zero-order valence-electron chi connectivity index (χ0n) is 33.2. The van der Waals surface area contributed by atoms with Gasteiger partial charge < -0.3 is 26.0 Å². The Bertz CT molecular complexity index is 1550. The third-order valence-electron chi connectivity index (χ3n) is 16.0. The number of aliphatic hydroxyl groups is 2. The third-order valence-corrected chi connectivity index (χ3v) is 16.0. The quantitative estimate of drug-likeness (QED) is 0.0948. The number of nitrogens with one attached hydrogen (secondary N) is 2. The van der Waals surface area contributed by atoms with Crippen LogP contribution in [0.4, 0.5) is 0 Å². The highest BCUT2D eigenvalue weighted by Crippen LogP contribution is 2.75. The van der Waals surface area contributed by atoms with E-state index in [0.29, 0.717) is 31.3 Å². The first-order valence-corrected chi connectivity index (χ1v) is 20.5. The lowest BCUT2D eigenvalue weighted by atomic mass is 9.33. The number of carbonyl (C=O) groups excluding carboxylic acids is 2. The van der Waals surface area contributed by atoms with E-state index in [9.17, 15) is 24.9 Å². The van der Waals surface area contributed by atoms with Crippen LogP contribution in [0.2, 0.25) is 0 Å². The highest BCUT2D eigenvalue weighted by atomic mass is 16.3. The van der Waals surface area contributed by atoms with Crippen LogP contribution >= 0.6 is 0 Å². The van der Waals surface area contributed by atoms with Gasteiger partial charge in [-0.1, -0.05) is 85.1 Å². The highest BCUT2D eigenvalue weighted by Gasteiger charge is 2.70. The molecular weight excluding hydrogens is 649 g/mol. The van der Waals surface area contributed by atoms with Crippen LogP contribution in [0.25, 0.3) is 6.08 Å². The van der Waals surface area contributed by atoms with Crippen molar-refractivity contribution >= 4 is 17.9 Å². The second-order valence-electron chi connectivity index (χ2n) is 19.8. The van der Waals surface area contributed by atoms with E-state index in [1.165, 1.54) is 6.08 Å². The first-order chi connectivity index (χ1) is 24.4. The largest absolute Gasteiger partial charge is 0.508 e. The van der Waals surface area contributed by atoms with Gasteiger partial charge >= 0.3 is 0 Å². The molecule has 6 rings (SSSR count). The summed E-state index contributed by atoms with van der Waals surface area (Å²) in [4.78, 5) is 26.6. The molecule has 5 N–H and O–H groups in total. The first-order valence-electron chi connectivity index (χ1n) is 20.5. The van der Waals surface area contributed by atoms with E-state index in [4.69, 9.17) is 0 Å². The van der Waals surface area contributed by atoms with Crippen molar-refractivity contribution in [3.8, 4) is 5.75 Å². The number of phenols is 1. The Morgan fingerprint density at radius 2 is 1.46 bits per heavy atom.